The Morgan fingerprint density at radius 2 is 1.82 bits per heavy atom. The molecule has 0 aromatic heterocycles. The van der Waals surface area contributed by atoms with Crippen LogP contribution >= 0.6 is 35.0 Å². The van der Waals surface area contributed by atoms with Crippen molar-refractivity contribution in [3.05, 3.63) is 46.4 Å². The van der Waals surface area contributed by atoms with Crippen molar-refractivity contribution in [2.45, 2.75) is 42.6 Å². The summed E-state index contributed by atoms with van der Waals surface area (Å²) in [4.78, 5) is 31.8. The summed E-state index contributed by atoms with van der Waals surface area (Å²) < 4.78 is 0. The second-order valence-electron chi connectivity index (χ2n) is 9.07. The van der Waals surface area contributed by atoms with E-state index in [0.717, 1.165) is 30.6 Å². The first-order chi connectivity index (χ1) is 18.0. The number of hydrogen-bond donors (Lipinski definition) is 7. The molecule has 2 aromatic rings. The highest BCUT2D eigenvalue weighted by molar-refractivity contribution is 8.00. The summed E-state index contributed by atoms with van der Waals surface area (Å²) in [5, 5.41) is 9.47. The summed E-state index contributed by atoms with van der Waals surface area (Å²) in [5.74, 6) is 0.374. The van der Waals surface area contributed by atoms with Crippen LogP contribution in [0, 0.1) is 0 Å². The zero-order chi connectivity index (χ0) is 27.4. The van der Waals surface area contributed by atoms with E-state index in [1.807, 2.05) is 12.1 Å². The van der Waals surface area contributed by atoms with Crippen LogP contribution in [0.1, 0.15) is 25.7 Å². The predicted molar refractivity (Wildman–Crippen MR) is 155 cm³/mol. The highest BCUT2D eigenvalue weighted by Gasteiger charge is 2.53. The van der Waals surface area contributed by atoms with Crippen LogP contribution in [0.15, 0.2) is 46.4 Å². The number of carbonyl (C=O) groups is 2. The zero-order valence-corrected chi connectivity index (χ0v) is 22.7. The maximum Gasteiger partial charge on any atom is 0.316 e. The average Bonchev–Trinajstić information content (AvgIpc) is 3.27. The number of urea groups is 1. The van der Waals surface area contributed by atoms with Gasteiger partial charge in [-0.3, -0.25) is 4.79 Å². The topological polar surface area (TPSA) is 199 Å². The molecule has 11 N–H and O–H groups in total. The molecule has 2 fully saturated rings. The Hall–Kier alpha value is -3.19. The molecule has 3 amide bonds. The van der Waals surface area contributed by atoms with Crippen LogP contribution in [0.4, 0.5) is 16.2 Å². The fraction of sp³-hybridized carbons (Fsp3) is 0.333. The Bertz CT molecular complexity index is 1260. The fourth-order valence-electron chi connectivity index (χ4n) is 4.50. The van der Waals surface area contributed by atoms with E-state index >= 15 is 0 Å². The lowest BCUT2D eigenvalue weighted by Crippen LogP contribution is -2.61. The van der Waals surface area contributed by atoms with Gasteiger partial charge >= 0.3 is 6.03 Å². The maximum atomic E-state index is 12.5. The fourth-order valence-corrected chi connectivity index (χ4v) is 6.81. The summed E-state index contributed by atoms with van der Waals surface area (Å²) in [6.07, 6.45) is 2.76. The quantitative estimate of drug-likeness (QED) is 0.108. The summed E-state index contributed by atoms with van der Waals surface area (Å²) in [7, 11) is 0. The third kappa shape index (κ3) is 6.44. The zero-order valence-electron chi connectivity index (χ0n) is 20.3. The number of unbranched alkanes of at least 4 members (excludes halogenated alkanes) is 1. The van der Waals surface area contributed by atoms with Crippen LogP contribution in [0.5, 0.6) is 0 Å². The molecule has 0 bridgehead atoms. The molecule has 14 heteroatoms. The second-order valence-corrected chi connectivity index (χ2v) is 11.1. The summed E-state index contributed by atoms with van der Waals surface area (Å²) >= 11 is 14.7. The number of hydrogen-bond acceptors (Lipinski definition) is 5. The van der Waals surface area contributed by atoms with E-state index in [1.165, 1.54) is 0 Å². The number of thioether (sulfide) groups is 1. The number of fused-ring (bicyclic) bond motifs is 1. The van der Waals surface area contributed by atoms with E-state index in [9.17, 15) is 9.59 Å². The molecule has 202 valence electrons. The molecule has 0 aliphatic carbocycles. The minimum absolute atomic E-state index is 0.0535. The van der Waals surface area contributed by atoms with Gasteiger partial charge in [0.1, 0.15) is 5.66 Å². The molecule has 4 rings (SSSR count). The van der Waals surface area contributed by atoms with Crippen LogP contribution < -0.4 is 38.9 Å². The Kier molecular flexibility index (Phi) is 8.56. The van der Waals surface area contributed by atoms with Crippen molar-refractivity contribution in [2.24, 2.45) is 32.9 Å². The summed E-state index contributed by atoms with van der Waals surface area (Å²) in [6.45, 7) is 0. The van der Waals surface area contributed by atoms with E-state index in [1.54, 1.807) is 36.0 Å². The monoisotopic (exact) mass is 577 g/mol. The number of anilines is 1. The molecule has 2 aliphatic heterocycles. The molecule has 2 aliphatic rings. The van der Waals surface area contributed by atoms with Crippen molar-refractivity contribution >= 4 is 70.2 Å². The van der Waals surface area contributed by atoms with Gasteiger partial charge in [0.25, 0.3) is 0 Å². The van der Waals surface area contributed by atoms with Gasteiger partial charge in [-0.2, -0.15) is 16.8 Å². The molecule has 3 unspecified atom stereocenters. The normalized spacial score (nSPS) is 22.4. The lowest BCUT2D eigenvalue weighted by atomic mass is 9.96. The van der Waals surface area contributed by atoms with E-state index in [2.05, 4.69) is 25.9 Å². The van der Waals surface area contributed by atoms with Gasteiger partial charge < -0.3 is 38.9 Å². The summed E-state index contributed by atoms with van der Waals surface area (Å²) in [6, 6.07) is 10.1. The first-order valence-corrected chi connectivity index (χ1v) is 13.7. The molecule has 2 saturated heterocycles. The minimum Gasteiger partial charge on any atom is -0.370 e. The van der Waals surface area contributed by atoms with Gasteiger partial charge in [0.15, 0.2) is 5.96 Å². The molecule has 2 heterocycles. The first kappa shape index (κ1) is 27.8. The van der Waals surface area contributed by atoms with E-state index in [4.69, 9.17) is 46.1 Å². The molecular weight excluding hydrogens is 549 g/mol. The van der Waals surface area contributed by atoms with Crippen LogP contribution in [-0.2, 0) is 4.79 Å². The van der Waals surface area contributed by atoms with Crippen LogP contribution in [-0.4, -0.2) is 46.6 Å². The van der Waals surface area contributed by atoms with Crippen molar-refractivity contribution in [2.75, 3.05) is 11.1 Å². The Morgan fingerprint density at radius 1 is 1.13 bits per heavy atom. The SMILES string of the molecule is NC(N)=NC(N)=Nc1cc(Cl)c(-c2ccc(NC(=O)CCCCC3SCC4NC(=O)NC43N)cc2)c(Cl)c1. The lowest BCUT2D eigenvalue weighted by Gasteiger charge is -2.29. The second kappa shape index (κ2) is 11.7. The molecule has 0 saturated carbocycles. The smallest absolute Gasteiger partial charge is 0.316 e. The Balaban J connectivity index is 1.29. The molecule has 0 spiro atoms. The molecule has 3 atom stereocenters. The van der Waals surface area contributed by atoms with Gasteiger partial charge in [0.05, 0.1) is 21.8 Å². The van der Waals surface area contributed by atoms with E-state index in [0.29, 0.717) is 33.4 Å². The Morgan fingerprint density at radius 3 is 2.47 bits per heavy atom. The number of halogens is 2. The lowest BCUT2D eigenvalue weighted by molar-refractivity contribution is -0.116. The molecule has 38 heavy (non-hydrogen) atoms. The number of nitrogens with one attached hydrogen (secondary N) is 3. The van der Waals surface area contributed by atoms with Crippen LogP contribution in [0.2, 0.25) is 10.0 Å². The largest absolute Gasteiger partial charge is 0.370 e. The number of nitrogens with two attached hydrogens (primary N) is 4. The van der Waals surface area contributed by atoms with Crippen LogP contribution in [0.25, 0.3) is 11.1 Å². The molecular formula is C24H29Cl2N9O2S. The van der Waals surface area contributed by atoms with Crippen molar-refractivity contribution in [3.63, 3.8) is 0 Å². The number of amides is 3. The van der Waals surface area contributed by atoms with Gasteiger partial charge in [-0.1, -0.05) is 41.8 Å². The van der Waals surface area contributed by atoms with Crippen molar-refractivity contribution < 1.29 is 9.59 Å². The molecule has 2 aromatic carbocycles. The molecule has 11 nitrogen and oxygen atoms in total. The van der Waals surface area contributed by atoms with Gasteiger partial charge in [0.2, 0.25) is 11.9 Å². The maximum absolute atomic E-state index is 12.5. The number of carbonyl (C=O) groups excluding carboxylic acids is 2. The average molecular weight is 579 g/mol. The Labute approximate surface area is 234 Å². The van der Waals surface area contributed by atoms with Gasteiger partial charge in [-0.25, -0.2) is 9.79 Å². The standard InChI is InChI=1S/C24H29Cl2N9O2S/c25-15-9-14(32-22(29)34-21(27)28)10-16(26)20(15)12-5-7-13(8-6-12)31-19(36)4-2-1-3-18-24(30)17(11-38-18)33-23(37)35-24/h5-10,17-18H,1-4,11,30H2,(H,31,36)(H2,33,35,37)(H6,27,28,29,32,34). The summed E-state index contributed by atoms with van der Waals surface area (Å²) in [5.41, 5.74) is 24.4. The number of guanidine groups is 2. The third-order valence-corrected chi connectivity index (χ3v) is 8.45. The number of rotatable bonds is 8. The number of benzene rings is 2. The van der Waals surface area contributed by atoms with Crippen molar-refractivity contribution in [3.8, 4) is 11.1 Å². The van der Waals surface area contributed by atoms with E-state index in [-0.39, 0.29) is 35.1 Å². The number of aliphatic imine (C=N–C) groups is 2. The van der Waals surface area contributed by atoms with Gasteiger partial charge in [0, 0.05) is 28.7 Å². The van der Waals surface area contributed by atoms with Gasteiger partial charge in [-0.05, 0) is 42.7 Å². The first-order valence-electron chi connectivity index (χ1n) is 11.9. The number of nitrogens with zero attached hydrogens (tertiary/aromatic N) is 2. The van der Waals surface area contributed by atoms with Crippen LogP contribution in [0.3, 0.4) is 0 Å². The highest BCUT2D eigenvalue weighted by atomic mass is 35.5. The van der Waals surface area contributed by atoms with Crippen molar-refractivity contribution in [1.82, 2.24) is 10.6 Å². The minimum atomic E-state index is -0.716. The van der Waals surface area contributed by atoms with E-state index < -0.39 is 5.66 Å². The van der Waals surface area contributed by atoms with Crippen molar-refractivity contribution in [1.29, 1.82) is 0 Å². The molecule has 0 radical (unpaired) electrons. The highest BCUT2D eigenvalue weighted by Crippen LogP contribution is 2.39. The van der Waals surface area contributed by atoms with Gasteiger partial charge in [-0.15, -0.1) is 0 Å². The third-order valence-electron chi connectivity index (χ3n) is 6.30. The predicted octanol–water partition coefficient (Wildman–Crippen LogP) is 2.83.